The number of rotatable bonds is 6. The summed E-state index contributed by atoms with van der Waals surface area (Å²) < 4.78 is 0. The number of carbonyl (C=O) groups is 3. The average molecular weight is 328 g/mol. The van der Waals surface area contributed by atoms with E-state index in [-0.39, 0.29) is 12.9 Å². The molecule has 7 nitrogen and oxygen atoms in total. The molecule has 23 heavy (non-hydrogen) atoms. The number of aliphatic carboxylic acids is 1. The van der Waals surface area contributed by atoms with E-state index in [0.29, 0.717) is 11.8 Å². The summed E-state index contributed by atoms with van der Waals surface area (Å²) in [6, 6.07) is 0. The zero-order valence-electron chi connectivity index (χ0n) is 13.7. The Morgan fingerprint density at radius 3 is 2.30 bits per heavy atom. The third-order valence-electron chi connectivity index (χ3n) is 4.47. The van der Waals surface area contributed by atoms with Gasteiger partial charge < -0.3 is 20.0 Å². The van der Waals surface area contributed by atoms with Gasteiger partial charge in [0.2, 0.25) is 5.91 Å². The van der Waals surface area contributed by atoms with E-state index in [9.17, 15) is 9.59 Å². The first kappa shape index (κ1) is 19.4. The molecular formula is C16H28N2O5. The van der Waals surface area contributed by atoms with Gasteiger partial charge in [-0.3, -0.25) is 14.4 Å². The van der Waals surface area contributed by atoms with Gasteiger partial charge in [-0.05, 0) is 45.2 Å². The molecule has 0 unspecified atom stereocenters. The molecule has 1 saturated heterocycles. The SMILES string of the molecule is O=C(O)CCCCN1CCCN(C(=O)C2CCC2)CC1.O=CO. The second-order valence-electron chi connectivity index (χ2n) is 6.10. The summed E-state index contributed by atoms with van der Waals surface area (Å²) in [4.78, 5) is 35.5. The number of hydrogen-bond donors (Lipinski definition) is 2. The summed E-state index contributed by atoms with van der Waals surface area (Å²) in [6.45, 7) is 4.40. The molecule has 2 fully saturated rings. The van der Waals surface area contributed by atoms with Crippen LogP contribution in [0.1, 0.15) is 44.9 Å². The smallest absolute Gasteiger partial charge is 0.303 e. The molecule has 0 aromatic carbocycles. The quantitative estimate of drug-likeness (QED) is 0.563. The third-order valence-corrected chi connectivity index (χ3v) is 4.47. The topological polar surface area (TPSA) is 98.2 Å². The highest BCUT2D eigenvalue weighted by molar-refractivity contribution is 5.79. The minimum absolute atomic E-state index is 0.250. The molecule has 0 atom stereocenters. The molecule has 7 heteroatoms. The van der Waals surface area contributed by atoms with Crippen LogP contribution in [-0.2, 0) is 14.4 Å². The molecular weight excluding hydrogens is 300 g/mol. The van der Waals surface area contributed by atoms with Gasteiger partial charge in [0.25, 0.3) is 6.47 Å². The maximum Gasteiger partial charge on any atom is 0.303 e. The van der Waals surface area contributed by atoms with Crippen LogP contribution in [0.5, 0.6) is 0 Å². The summed E-state index contributed by atoms with van der Waals surface area (Å²) in [5, 5.41) is 15.5. The number of unbranched alkanes of at least 4 members (excludes halogenated alkanes) is 1. The molecule has 2 aliphatic rings. The Labute approximate surface area is 137 Å². The van der Waals surface area contributed by atoms with Gasteiger partial charge in [0, 0.05) is 32.0 Å². The first-order chi connectivity index (χ1) is 11.1. The van der Waals surface area contributed by atoms with Crippen molar-refractivity contribution in [2.75, 3.05) is 32.7 Å². The molecule has 0 spiro atoms. The predicted molar refractivity (Wildman–Crippen MR) is 85.2 cm³/mol. The molecule has 0 aromatic rings. The van der Waals surface area contributed by atoms with Gasteiger partial charge in [0.05, 0.1) is 0 Å². The second-order valence-corrected chi connectivity index (χ2v) is 6.10. The lowest BCUT2D eigenvalue weighted by molar-refractivity contribution is -0.138. The molecule has 1 saturated carbocycles. The Morgan fingerprint density at radius 1 is 1.04 bits per heavy atom. The standard InChI is InChI=1S/C15H26N2O3.CH2O2/c18-14(19)7-1-2-8-16-9-4-10-17(12-11-16)15(20)13-5-3-6-13;2-1-3/h13H,1-12H2,(H,18,19);1H,(H,2,3). The van der Waals surface area contributed by atoms with Crippen LogP contribution in [0.3, 0.4) is 0 Å². The van der Waals surface area contributed by atoms with E-state index in [1.165, 1.54) is 6.42 Å². The Balaban J connectivity index is 0.000000816. The van der Waals surface area contributed by atoms with E-state index in [1.807, 2.05) is 4.90 Å². The van der Waals surface area contributed by atoms with Crippen LogP contribution < -0.4 is 0 Å². The van der Waals surface area contributed by atoms with Crippen LogP contribution in [-0.4, -0.2) is 71.1 Å². The number of carboxylic acid groups (broad SMARTS) is 2. The van der Waals surface area contributed by atoms with Crippen LogP contribution in [0.2, 0.25) is 0 Å². The molecule has 0 bridgehead atoms. The number of amides is 1. The van der Waals surface area contributed by atoms with Crippen molar-refractivity contribution in [1.82, 2.24) is 9.80 Å². The molecule has 0 radical (unpaired) electrons. The monoisotopic (exact) mass is 328 g/mol. The summed E-state index contributed by atoms with van der Waals surface area (Å²) in [5.41, 5.74) is 0. The molecule has 0 aromatic heterocycles. The van der Waals surface area contributed by atoms with E-state index in [1.54, 1.807) is 0 Å². The van der Waals surface area contributed by atoms with Gasteiger partial charge in [-0.2, -0.15) is 0 Å². The fraction of sp³-hybridized carbons (Fsp3) is 0.812. The summed E-state index contributed by atoms with van der Waals surface area (Å²) in [7, 11) is 0. The van der Waals surface area contributed by atoms with Crippen molar-refractivity contribution in [3.05, 3.63) is 0 Å². The first-order valence-electron chi connectivity index (χ1n) is 8.39. The minimum Gasteiger partial charge on any atom is -0.483 e. The Morgan fingerprint density at radius 2 is 1.74 bits per heavy atom. The largest absolute Gasteiger partial charge is 0.483 e. The molecule has 1 heterocycles. The number of hydrogen-bond acceptors (Lipinski definition) is 4. The Hall–Kier alpha value is -1.63. The summed E-state index contributed by atoms with van der Waals surface area (Å²) >= 11 is 0. The van der Waals surface area contributed by atoms with E-state index < -0.39 is 5.97 Å². The molecule has 1 aliphatic heterocycles. The van der Waals surface area contributed by atoms with Crippen LogP contribution in [0.25, 0.3) is 0 Å². The fourth-order valence-electron chi connectivity index (χ4n) is 2.94. The normalized spacial score (nSPS) is 19.0. The van der Waals surface area contributed by atoms with E-state index in [2.05, 4.69) is 4.90 Å². The van der Waals surface area contributed by atoms with E-state index in [0.717, 1.165) is 64.8 Å². The van der Waals surface area contributed by atoms with Gasteiger partial charge in [-0.15, -0.1) is 0 Å². The van der Waals surface area contributed by atoms with E-state index in [4.69, 9.17) is 15.0 Å². The number of carbonyl (C=O) groups excluding carboxylic acids is 1. The summed E-state index contributed by atoms with van der Waals surface area (Å²) in [5.74, 6) is -0.0424. The molecule has 1 amide bonds. The third kappa shape index (κ3) is 7.45. The number of nitrogens with zero attached hydrogens (tertiary/aromatic N) is 2. The molecule has 2 rings (SSSR count). The zero-order valence-corrected chi connectivity index (χ0v) is 13.7. The lowest BCUT2D eigenvalue weighted by Gasteiger charge is -2.31. The average Bonchev–Trinajstić information content (AvgIpc) is 2.68. The van der Waals surface area contributed by atoms with Gasteiger partial charge in [-0.1, -0.05) is 6.42 Å². The van der Waals surface area contributed by atoms with Crippen molar-refractivity contribution in [1.29, 1.82) is 0 Å². The van der Waals surface area contributed by atoms with Crippen LogP contribution in [0.15, 0.2) is 0 Å². The van der Waals surface area contributed by atoms with Crippen molar-refractivity contribution in [2.24, 2.45) is 5.92 Å². The second kappa shape index (κ2) is 11.0. The van der Waals surface area contributed by atoms with Crippen LogP contribution in [0, 0.1) is 5.92 Å². The highest BCUT2D eigenvalue weighted by Crippen LogP contribution is 2.28. The lowest BCUT2D eigenvalue weighted by atomic mass is 9.84. The number of carboxylic acids is 1. The van der Waals surface area contributed by atoms with Crippen molar-refractivity contribution in [2.45, 2.75) is 44.9 Å². The molecule has 1 aliphatic carbocycles. The van der Waals surface area contributed by atoms with Crippen LogP contribution in [0.4, 0.5) is 0 Å². The zero-order chi connectivity index (χ0) is 17.1. The Kier molecular flexibility index (Phi) is 9.28. The van der Waals surface area contributed by atoms with Gasteiger partial charge in [0.1, 0.15) is 0 Å². The lowest BCUT2D eigenvalue weighted by Crippen LogP contribution is -2.41. The molecule has 2 N–H and O–H groups in total. The highest BCUT2D eigenvalue weighted by Gasteiger charge is 2.30. The Bertz CT molecular complexity index is 385. The molecule has 132 valence electrons. The maximum absolute atomic E-state index is 12.2. The van der Waals surface area contributed by atoms with E-state index >= 15 is 0 Å². The predicted octanol–water partition coefficient (Wildman–Crippen LogP) is 1.28. The summed E-state index contributed by atoms with van der Waals surface area (Å²) in [6.07, 6.45) is 6.35. The first-order valence-corrected chi connectivity index (χ1v) is 8.39. The van der Waals surface area contributed by atoms with Crippen LogP contribution >= 0.6 is 0 Å². The van der Waals surface area contributed by atoms with Gasteiger partial charge >= 0.3 is 5.97 Å². The fourth-order valence-corrected chi connectivity index (χ4v) is 2.94. The van der Waals surface area contributed by atoms with Crippen molar-refractivity contribution >= 4 is 18.3 Å². The van der Waals surface area contributed by atoms with Crippen molar-refractivity contribution < 1.29 is 24.6 Å². The minimum atomic E-state index is -0.710. The maximum atomic E-state index is 12.2. The van der Waals surface area contributed by atoms with Crippen molar-refractivity contribution in [3.8, 4) is 0 Å². The van der Waals surface area contributed by atoms with Crippen molar-refractivity contribution in [3.63, 3.8) is 0 Å². The highest BCUT2D eigenvalue weighted by atomic mass is 16.4. The van der Waals surface area contributed by atoms with Gasteiger partial charge in [-0.25, -0.2) is 0 Å². The van der Waals surface area contributed by atoms with Gasteiger partial charge in [0.15, 0.2) is 0 Å².